The van der Waals surface area contributed by atoms with E-state index in [1.807, 2.05) is 32.0 Å². The summed E-state index contributed by atoms with van der Waals surface area (Å²) in [7, 11) is -2.28. The van der Waals surface area contributed by atoms with E-state index in [1.165, 1.54) is 25.3 Å². The van der Waals surface area contributed by atoms with E-state index in [1.54, 1.807) is 30.3 Å². The van der Waals surface area contributed by atoms with Gasteiger partial charge in [0.2, 0.25) is 0 Å². The van der Waals surface area contributed by atoms with Gasteiger partial charge in [0.15, 0.2) is 0 Å². The summed E-state index contributed by atoms with van der Waals surface area (Å²) in [5.74, 6) is 0.275. The number of anilines is 2. The van der Waals surface area contributed by atoms with Crippen molar-refractivity contribution in [1.82, 2.24) is 0 Å². The Morgan fingerprint density at radius 3 is 2.10 bits per heavy atom. The first-order valence-corrected chi connectivity index (χ1v) is 11.5. The minimum absolute atomic E-state index is 0.104. The Bertz CT molecular complexity index is 1150. The molecule has 31 heavy (non-hydrogen) atoms. The van der Waals surface area contributed by atoms with Crippen LogP contribution in [-0.2, 0) is 22.9 Å². The number of rotatable bonds is 8. The van der Waals surface area contributed by atoms with Gasteiger partial charge in [-0.15, -0.1) is 0 Å². The molecule has 6 nitrogen and oxygen atoms in total. The van der Waals surface area contributed by atoms with E-state index in [2.05, 4.69) is 10.0 Å². The molecule has 0 heterocycles. The Kier molecular flexibility index (Phi) is 6.97. The molecule has 2 N–H and O–H groups in total. The van der Waals surface area contributed by atoms with Crippen LogP contribution in [0, 0.1) is 0 Å². The number of carbonyl (C=O) groups is 1. The Morgan fingerprint density at radius 2 is 1.52 bits per heavy atom. The van der Waals surface area contributed by atoms with Crippen LogP contribution in [0.5, 0.6) is 5.75 Å². The third-order valence-corrected chi connectivity index (χ3v) is 6.38. The molecule has 0 saturated heterocycles. The third-order valence-electron chi connectivity index (χ3n) is 4.98. The molecule has 0 radical (unpaired) electrons. The van der Waals surface area contributed by atoms with Gasteiger partial charge >= 0.3 is 0 Å². The van der Waals surface area contributed by atoms with E-state index >= 15 is 0 Å². The van der Waals surface area contributed by atoms with E-state index in [9.17, 15) is 13.2 Å². The second-order valence-corrected chi connectivity index (χ2v) is 8.66. The molecule has 7 heteroatoms. The van der Waals surface area contributed by atoms with Crippen molar-refractivity contribution in [3.8, 4) is 5.75 Å². The molecule has 0 fully saturated rings. The average molecular weight is 439 g/mol. The zero-order valence-electron chi connectivity index (χ0n) is 17.8. The largest absolute Gasteiger partial charge is 0.497 e. The van der Waals surface area contributed by atoms with Crippen LogP contribution in [0.4, 0.5) is 11.4 Å². The summed E-state index contributed by atoms with van der Waals surface area (Å²) in [5.41, 5.74) is 3.61. The van der Waals surface area contributed by atoms with Gasteiger partial charge in [0.25, 0.3) is 15.9 Å². The molecular weight excluding hydrogens is 412 g/mol. The lowest BCUT2D eigenvalue weighted by molar-refractivity contribution is 0.102. The molecule has 0 bridgehead atoms. The average Bonchev–Trinajstić information content (AvgIpc) is 2.79. The minimum atomic E-state index is -3.80. The van der Waals surface area contributed by atoms with Gasteiger partial charge in [0, 0.05) is 16.9 Å². The van der Waals surface area contributed by atoms with Gasteiger partial charge in [-0.25, -0.2) is 8.42 Å². The van der Waals surface area contributed by atoms with Crippen molar-refractivity contribution in [2.45, 2.75) is 31.6 Å². The molecular formula is C24H26N2O4S. The maximum atomic E-state index is 12.9. The van der Waals surface area contributed by atoms with Crippen LogP contribution < -0.4 is 14.8 Å². The molecule has 0 aliphatic heterocycles. The van der Waals surface area contributed by atoms with Gasteiger partial charge in [0.1, 0.15) is 5.75 Å². The molecule has 0 aliphatic rings. The molecule has 0 atom stereocenters. The highest BCUT2D eigenvalue weighted by molar-refractivity contribution is 7.92. The van der Waals surface area contributed by atoms with Crippen LogP contribution in [0.3, 0.4) is 0 Å². The van der Waals surface area contributed by atoms with Crippen molar-refractivity contribution in [2.24, 2.45) is 0 Å². The maximum Gasteiger partial charge on any atom is 0.261 e. The zero-order chi connectivity index (χ0) is 22.4. The predicted molar refractivity (Wildman–Crippen MR) is 123 cm³/mol. The molecule has 0 aliphatic carbocycles. The van der Waals surface area contributed by atoms with Gasteiger partial charge < -0.3 is 10.1 Å². The fraction of sp³-hybridized carbons (Fsp3) is 0.208. The lowest BCUT2D eigenvalue weighted by Gasteiger charge is -2.15. The predicted octanol–water partition coefficient (Wildman–Crippen LogP) is 4.87. The highest BCUT2D eigenvalue weighted by Gasteiger charge is 2.16. The molecule has 162 valence electrons. The van der Waals surface area contributed by atoms with Crippen LogP contribution in [0.15, 0.2) is 71.6 Å². The van der Waals surface area contributed by atoms with Gasteiger partial charge in [-0.2, -0.15) is 0 Å². The van der Waals surface area contributed by atoms with Crippen LogP contribution in [0.2, 0.25) is 0 Å². The SMILES string of the molecule is CCc1cccc(CC)c1NC(=O)c1cccc(NS(=O)(=O)c2ccc(OC)cc2)c1. The van der Waals surface area contributed by atoms with Crippen molar-refractivity contribution < 1.29 is 17.9 Å². The van der Waals surface area contributed by atoms with Crippen molar-refractivity contribution in [2.75, 3.05) is 17.1 Å². The number of hydrogen-bond donors (Lipinski definition) is 2. The van der Waals surface area contributed by atoms with Crippen LogP contribution >= 0.6 is 0 Å². The summed E-state index contributed by atoms with van der Waals surface area (Å²) >= 11 is 0. The Labute approximate surface area is 183 Å². The third kappa shape index (κ3) is 5.24. The Balaban J connectivity index is 1.82. The number of amides is 1. The summed E-state index contributed by atoms with van der Waals surface area (Å²) in [6, 6.07) is 18.5. The van der Waals surface area contributed by atoms with Gasteiger partial charge in [0.05, 0.1) is 12.0 Å². The van der Waals surface area contributed by atoms with E-state index in [0.29, 0.717) is 17.0 Å². The van der Waals surface area contributed by atoms with Crippen molar-refractivity contribution in [3.63, 3.8) is 0 Å². The van der Waals surface area contributed by atoms with Crippen molar-refractivity contribution in [1.29, 1.82) is 0 Å². The Hall–Kier alpha value is -3.32. The molecule has 0 aromatic heterocycles. The first-order valence-electron chi connectivity index (χ1n) is 10.1. The summed E-state index contributed by atoms with van der Waals surface area (Å²) < 4.78 is 33.0. The highest BCUT2D eigenvalue weighted by Crippen LogP contribution is 2.24. The lowest BCUT2D eigenvalue weighted by Crippen LogP contribution is -2.16. The summed E-state index contributed by atoms with van der Waals surface area (Å²) in [5, 5.41) is 3.00. The fourth-order valence-electron chi connectivity index (χ4n) is 3.28. The zero-order valence-corrected chi connectivity index (χ0v) is 18.6. The Morgan fingerprint density at radius 1 is 0.903 bits per heavy atom. The van der Waals surface area contributed by atoms with Gasteiger partial charge in [-0.05, 0) is 66.4 Å². The summed E-state index contributed by atoms with van der Waals surface area (Å²) in [4.78, 5) is 13.0. The van der Waals surface area contributed by atoms with E-state index in [-0.39, 0.29) is 10.8 Å². The number of nitrogens with one attached hydrogen (secondary N) is 2. The van der Waals surface area contributed by atoms with Gasteiger partial charge in [-0.1, -0.05) is 38.1 Å². The maximum absolute atomic E-state index is 12.9. The van der Waals surface area contributed by atoms with E-state index in [0.717, 1.165) is 29.7 Å². The van der Waals surface area contributed by atoms with Crippen molar-refractivity contribution in [3.05, 3.63) is 83.4 Å². The van der Waals surface area contributed by atoms with Crippen molar-refractivity contribution >= 4 is 27.3 Å². The molecule has 1 amide bonds. The van der Waals surface area contributed by atoms with Crippen LogP contribution in [0.25, 0.3) is 0 Å². The summed E-state index contributed by atoms with van der Waals surface area (Å²) in [6.45, 7) is 4.08. The van der Waals surface area contributed by atoms with E-state index < -0.39 is 10.0 Å². The first kappa shape index (κ1) is 22.4. The topological polar surface area (TPSA) is 84.5 Å². The standard InChI is InChI=1S/C24H26N2O4S/c1-4-17-8-6-9-18(5-2)23(17)25-24(27)19-10-7-11-20(16-19)26-31(28,29)22-14-12-21(30-3)13-15-22/h6-16,26H,4-5H2,1-3H3,(H,25,27). The van der Waals surface area contributed by atoms with Gasteiger partial charge in [-0.3, -0.25) is 9.52 Å². The monoisotopic (exact) mass is 438 g/mol. The number of sulfonamides is 1. The molecule has 0 spiro atoms. The smallest absolute Gasteiger partial charge is 0.261 e. The summed E-state index contributed by atoms with van der Waals surface area (Å²) in [6.07, 6.45) is 1.59. The molecule has 0 saturated carbocycles. The second kappa shape index (κ2) is 9.66. The molecule has 3 aromatic rings. The normalized spacial score (nSPS) is 11.1. The highest BCUT2D eigenvalue weighted by atomic mass is 32.2. The van der Waals surface area contributed by atoms with Crippen LogP contribution in [0.1, 0.15) is 35.3 Å². The van der Waals surface area contributed by atoms with Crippen LogP contribution in [-0.4, -0.2) is 21.4 Å². The molecule has 0 unspecified atom stereocenters. The minimum Gasteiger partial charge on any atom is -0.497 e. The first-order chi connectivity index (χ1) is 14.9. The number of hydrogen-bond acceptors (Lipinski definition) is 4. The van der Waals surface area contributed by atoms with E-state index in [4.69, 9.17) is 4.74 Å². The quantitative estimate of drug-likeness (QED) is 0.525. The number of ether oxygens (including phenoxy) is 1. The number of methoxy groups -OCH3 is 1. The number of aryl methyl sites for hydroxylation is 2. The number of carbonyl (C=O) groups excluding carboxylic acids is 1. The second-order valence-electron chi connectivity index (χ2n) is 6.97. The number of benzene rings is 3. The lowest BCUT2D eigenvalue weighted by atomic mass is 10.0. The molecule has 3 aromatic carbocycles. The fourth-order valence-corrected chi connectivity index (χ4v) is 4.33. The number of para-hydroxylation sites is 1. The molecule has 3 rings (SSSR count).